The molecule has 0 atom stereocenters. The second-order valence-corrected chi connectivity index (χ2v) is 5.32. The highest BCUT2D eigenvalue weighted by Crippen LogP contribution is 2.14. The van der Waals surface area contributed by atoms with Crippen LogP contribution in [0.25, 0.3) is 0 Å². The van der Waals surface area contributed by atoms with Gasteiger partial charge in [0, 0.05) is 5.56 Å². The summed E-state index contributed by atoms with van der Waals surface area (Å²) in [4.78, 5) is 3.81. The molecule has 0 spiro atoms. The average Bonchev–Trinajstić information content (AvgIpc) is 2.57. The minimum absolute atomic E-state index is 0.162. The molecule has 3 heteroatoms. The lowest BCUT2D eigenvalue weighted by Gasteiger charge is -2.02. The minimum Gasteiger partial charge on any atom is -0.489 e. The number of hydrogen-bond donors (Lipinski definition) is 0. The van der Waals surface area contributed by atoms with Crippen molar-refractivity contribution in [3.05, 3.63) is 59.2 Å². The molecule has 120 valence electrons. The molecule has 0 aliphatic heterocycles. The molecule has 23 heavy (non-hydrogen) atoms. The van der Waals surface area contributed by atoms with E-state index in [0.29, 0.717) is 12.3 Å². The first-order valence-electron chi connectivity index (χ1n) is 8.13. The average molecular weight is 311 g/mol. The van der Waals surface area contributed by atoms with Crippen molar-refractivity contribution in [2.75, 3.05) is 6.61 Å². The zero-order valence-electron chi connectivity index (χ0n) is 13.7. The van der Waals surface area contributed by atoms with Crippen molar-refractivity contribution in [3.8, 4) is 17.6 Å². The number of pyridine rings is 1. The smallest absolute Gasteiger partial charge is 0.256 e. The number of aryl methyl sites for hydroxylation is 1. The number of nitrogens with zero attached hydrogens (tertiary/aromatic N) is 1. The van der Waals surface area contributed by atoms with Gasteiger partial charge in [0.1, 0.15) is 5.69 Å². The second-order valence-electron chi connectivity index (χ2n) is 5.32. The topological polar surface area (TPSA) is 22.1 Å². The molecule has 0 radical (unpaired) electrons. The van der Waals surface area contributed by atoms with Crippen LogP contribution in [0.3, 0.4) is 0 Å². The summed E-state index contributed by atoms with van der Waals surface area (Å²) >= 11 is 0. The molecular weight excluding hydrogens is 289 g/mol. The maximum atomic E-state index is 13.7. The van der Waals surface area contributed by atoms with E-state index in [4.69, 9.17) is 4.74 Å². The van der Waals surface area contributed by atoms with Crippen LogP contribution in [0, 0.1) is 17.8 Å². The number of aromatic nitrogens is 1. The van der Waals surface area contributed by atoms with Gasteiger partial charge in [0.15, 0.2) is 5.75 Å². The number of halogens is 1. The molecule has 0 unspecified atom stereocenters. The Bertz CT molecular complexity index is 683. The quantitative estimate of drug-likeness (QED) is 0.436. The van der Waals surface area contributed by atoms with Gasteiger partial charge in [0.2, 0.25) is 0 Å². The van der Waals surface area contributed by atoms with Gasteiger partial charge in [0.25, 0.3) is 5.95 Å². The Labute approximate surface area is 137 Å². The van der Waals surface area contributed by atoms with E-state index in [9.17, 15) is 4.39 Å². The summed E-state index contributed by atoms with van der Waals surface area (Å²) < 4.78 is 18.8. The SMILES string of the molecule is CCCCCc1ccc(C#Cc2ccc(OCC)c(F)n2)cc1. The Morgan fingerprint density at radius 2 is 1.78 bits per heavy atom. The molecule has 0 N–H and O–H groups in total. The predicted octanol–water partition coefficient (Wildman–Crippen LogP) is 4.75. The van der Waals surface area contributed by atoms with E-state index >= 15 is 0 Å². The first kappa shape index (κ1) is 17.0. The van der Waals surface area contributed by atoms with E-state index in [1.807, 2.05) is 12.1 Å². The Morgan fingerprint density at radius 3 is 2.43 bits per heavy atom. The lowest BCUT2D eigenvalue weighted by Crippen LogP contribution is -1.97. The van der Waals surface area contributed by atoms with Crippen LogP contribution in [0.15, 0.2) is 36.4 Å². The summed E-state index contributed by atoms with van der Waals surface area (Å²) in [6.45, 7) is 4.42. The minimum atomic E-state index is -0.620. The van der Waals surface area contributed by atoms with Crippen molar-refractivity contribution in [2.24, 2.45) is 0 Å². The van der Waals surface area contributed by atoms with Crippen molar-refractivity contribution in [3.63, 3.8) is 0 Å². The highest BCUT2D eigenvalue weighted by atomic mass is 19.1. The van der Waals surface area contributed by atoms with E-state index in [2.05, 4.69) is 35.9 Å². The van der Waals surface area contributed by atoms with Crippen LogP contribution >= 0.6 is 0 Å². The molecule has 0 aliphatic carbocycles. The summed E-state index contributed by atoms with van der Waals surface area (Å²) in [6.07, 6.45) is 4.82. The zero-order chi connectivity index (χ0) is 16.5. The van der Waals surface area contributed by atoms with E-state index in [1.54, 1.807) is 19.1 Å². The highest BCUT2D eigenvalue weighted by Gasteiger charge is 2.04. The standard InChI is InChI=1S/C20H22FNO/c1-3-5-6-7-16-8-10-17(11-9-16)12-13-18-14-15-19(23-4-2)20(21)22-18/h8-11,14-15H,3-7H2,1-2H3. The molecule has 2 nitrogen and oxygen atoms in total. The Balaban J connectivity index is 2.02. The van der Waals surface area contributed by atoms with E-state index in [-0.39, 0.29) is 5.75 Å². The van der Waals surface area contributed by atoms with Gasteiger partial charge < -0.3 is 4.74 Å². The Morgan fingerprint density at radius 1 is 1.00 bits per heavy atom. The molecule has 1 aromatic carbocycles. The van der Waals surface area contributed by atoms with Gasteiger partial charge in [-0.15, -0.1) is 0 Å². The van der Waals surface area contributed by atoms with Crippen molar-refractivity contribution < 1.29 is 9.13 Å². The maximum Gasteiger partial charge on any atom is 0.256 e. The molecule has 2 aromatic rings. The summed E-state index contributed by atoms with van der Waals surface area (Å²) in [6, 6.07) is 11.4. The summed E-state index contributed by atoms with van der Waals surface area (Å²) in [5.41, 5.74) is 2.63. The third-order valence-corrected chi connectivity index (χ3v) is 3.47. The fourth-order valence-corrected chi connectivity index (χ4v) is 2.22. The summed E-state index contributed by atoms with van der Waals surface area (Å²) in [5, 5.41) is 0. The van der Waals surface area contributed by atoms with E-state index < -0.39 is 5.95 Å². The highest BCUT2D eigenvalue weighted by molar-refractivity contribution is 5.41. The molecule has 1 heterocycles. The van der Waals surface area contributed by atoms with Crippen LogP contribution in [-0.2, 0) is 6.42 Å². The molecule has 0 fully saturated rings. The van der Waals surface area contributed by atoms with E-state index in [0.717, 1.165) is 12.0 Å². The van der Waals surface area contributed by atoms with Crippen molar-refractivity contribution >= 4 is 0 Å². The summed E-state index contributed by atoms with van der Waals surface area (Å²) in [5.74, 6) is 5.44. The van der Waals surface area contributed by atoms with Gasteiger partial charge in [-0.2, -0.15) is 4.39 Å². The number of ether oxygens (including phenoxy) is 1. The second kappa shape index (κ2) is 8.95. The van der Waals surface area contributed by atoms with Gasteiger partial charge >= 0.3 is 0 Å². The van der Waals surface area contributed by atoms with Crippen LogP contribution in [0.1, 0.15) is 49.9 Å². The van der Waals surface area contributed by atoms with Crippen molar-refractivity contribution in [2.45, 2.75) is 39.5 Å². The molecule has 0 saturated heterocycles. The number of unbranched alkanes of at least 4 members (excludes halogenated alkanes) is 2. The van der Waals surface area contributed by atoms with Gasteiger partial charge in [0.05, 0.1) is 6.61 Å². The largest absolute Gasteiger partial charge is 0.489 e. The molecule has 0 amide bonds. The maximum absolute atomic E-state index is 13.7. The van der Waals surface area contributed by atoms with Gasteiger partial charge in [-0.05, 0) is 55.5 Å². The van der Waals surface area contributed by atoms with Gasteiger partial charge in [-0.1, -0.05) is 37.8 Å². The fourth-order valence-electron chi connectivity index (χ4n) is 2.22. The zero-order valence-corrected chi connectivity index (χ0v) is 13.7. The molecule has 0 aliphatic rings. The van der Waals surface area contributed by atoms with Crippen LogP contribution in [0.4, 0.5) is 4.39 Å². The molecule has 0 bridgehead atoms. The normalized spacial score (nSPS) is 10.0. The number of rotatable bonds is 6. The number of benzene rings is 1. The van der Waals surface area contributed by atoms with Crippen LogP contribution in [0.5, 0.6) is 5.75 Å². The van der Waals surface area contributed by atoms with E-state index in [1.165, 1.54) is 24.8 Å². The fraction of sp³-hybridized carbons (Fsp3) is 0.350. The third kappa shape index (κ3) is 5.41. The predicted molar refractivity (Wildman–Crippen MR) is 91.0 cm³/mol. The first-order valence-corrected chi connectivity index (χ1v) is 8.13. The van der Waals surface area contributed by atoms with Gasteiger partial charge in [-0.25, -0.2) is 4.98 Å². The third-order valence-electron chi connectivity index (χ3n) is 3.47. The lowest BCUT2D eigenvalue weighted by molar-refractivity contribution is 0.316. The monoisotopic (exact) mass is 311 g/mol. The molecule has 2 rings (SSSR count). The van der Waals surface area contributed by atoms with Gasteiger partial charge in [-0.3, -0.25) is 0 Å². The summed E-state index contributed by atoms with van der Waals surface area (Å²) in [7, 11) is 0. The first-order chi connectivity index (χ1) is 11.2. The lowest BCUT2D eigenvalue weighted by atomic mass is 10.1. The van der Waals surface area contributed by atoms with Crippen LogP contribution in [0.2, 0.25) is 0 Å². The van der Waals surface area contributed by atoms with Crippen molar-refractivity contribution in [1.82, 2.24) is 4.98 Å². The molecule has 0 saturated carbocycles. The number of hydrogen-bond acceptors (Lipinski definition) is 2. The Kier molecular flexibility index (Phi) is 6.62. The van der Waals surface area contributed by atoms with Crippen LogP contribution in [-0.4, -0.2) is 11.6 Å². The van der Waals surface area contributed by atoms with Crippen LogP contribution < -0.4 is 4.74 Å². The molecule has 1 aromatic heterocycles. The molecular formula is C20H22FNO. The Hall–Kier alpha value is -2.34. The van der Waals surface area contributed by atoms with Crippen molar-refractivity contribution in [1.29, 1.82) is 0 Å².